The molecule has 22 heavy (non-hydrogen) atoms. The first-order chi connectivity index (χ1) is 10.6. The minimum Gasteiger partial charge on any atom is -0.496 e. The zero-order chi connectivity index (χ0) is 15.7. The van der Waals surface area contributed by atoms with E-state index in [9.17, 15) is 4.39 Å². The second kappa shape index (κ2) is 5.77. The van der Waals surface area contributed by atoms with Crippen LogP contribution in [0.3, 0.4) is 0 Å². The first kappa shape index (κ1) is 14.5. The van der Waals surface area contributed by atoms with Gasteiger partial charge in [0, 0.05) is 11.5 Å². The highest BCUT2D eigenvalue weighted by molar-refractivity contribution is 6.31. The van der Waals surface area contributed by atoms with Gasteiger partial charge >= 0.3 is 0 Å². The van der Waals surface area contributed by atoms with E-state index in [0.717, 1.165) is 16.7 Å². The summed E-state index contributed by atoms with van der Waals surface area (Å²) in [5.74, 6) is 0.740. The fraction of sp³-hybridized carbons (Fsp3) is 0.125. The van der Waals surface area contributed by atoms with Gasteiger partial charge in [-0.1, -0.05) is 17.7 Å². The third-order valence-corrected chi connectivity index (χ3v) is 3.65. The van der Waals surface area contributed by atoms with Crippen LogP contribution in [0.15, 0.2) is 36.7 Å². The summed E-state index contributed by atoms with van der Waals surface area (Å²) in [4.78, 5) is 8.42. The predicted octanol–water partition coefficient (Wildman–Crippen LogP) is 4.48. The maximum Gasteiger partial charge on any atom is 0.165 e. The molecule has 0 amide bonds. The van der Waals surface area contributed by atoms with Crippen molar-refractivity contribution in [2.75, 3.05) is 12.4 Å². The number of hydrogen-bond acceptors (Lipinski definition) is 4. The Morgan fingerprint density at radius 2 is 2.05 bits per heavy atom. The van der Waals surface area contributed by atoms with Crippen LogP contribution >= 0.6 is 11.6 Å². The number of fused-ring (bicyclic) bond motifs is 1. The lowest BCUT2D eigenvalue weighted by Crippen LogP contribution is -1.99. The Labute approximate surface area is 131 Å². The standard InChI is InChI=1S/C16H13ClFN3O/c1-9-6-10-13(7-14(9)22-2)19-8-20-16(10)21-12-5-3-4-11(17)15(12)18/h3-8H,1-2H3,(H,19,20,21). The van der Waals surface area contributed by atoms with E-state index in [1.54, 1.807) is 19.2 Å². The number of ether oxygens (including phenoxy) is 1. The third-order valence-electron chi connectivity index (χ3n) is 3.36. The third kappa shape index (κ3) is 2.55. The molecule has 112 valence electrons. The van der Waals surface area contributed by atoms with Crippen LogP contribution in [-0.2, 0) is 0 Å². The summed E-state index contributed by atoms with van der Waals surface area (Å²) in [6.07, 6.45) is 1.42. The SMILES string of the molecule is COc1cc2ncnc(Nc3cccc(Cl)c3F)c2cc1C. The Bertz CT molecular complexity index is 854. The second-order valence-corrected chi connectivity index (χ2v) is 5.19. The second-order valence-electron chi connectivity index (χ2n) is 4.79. The first-order valence-corrected chi connectivity index (χ1v) is 6.98. The average Bonchev–Trinajstić information content (AvgIpc) is 2.52. The normalized spacial score (nSPS) is 10.7. The summed E-state index contributed by atoms with van der Waals surface area (Å²) in [5, 5.41) is 3.80. The maximum atomic E-state index is 14.0. The molecule has 1 N–H and O–H groups in total. The summed E-state index contributed by atoms with van der Waals surface area (Å²) in [5.41, 5.74) is 1.92. The van der Waals surface area contributed by atoms with Gasteiger partial charge in [0.25, 0.3) is 0 Å². The number of hydrogen-bond donors (Lipinski definition) is 1. The summed E-state index contributed by atoms with van der Waals surface area (Å²) >= 11 is 5.80. The van der Waals surface area contributed by atoms with Crippen LogP contribution in [-0.4, -0.2) is 17.1 Å². The molecule has 0 bridgehead atoms. The van der Waals surface area contributed by atoms with Crippen LogP contribution in [0.2, 0.25) is 5.02 Å². The molecule has 0 aliphatic rings. The van der Waals surface area contributed by atoms with Crippen LogP contribution in [0.25, 0.3) is 10.9 Å². The lowest BCUT2D eigenvalue weighted by atomic mass is 10.1. The van der Waals surface area contributed by atoms with E-state index in [4.69, 9.17) is 16.3 Å². The van der Waals surface area contributed by atoms with Gasteiger partial charge in [0.15, 0.2) is 5.82 Å². The Kier molecular flexibility index (Phi) is 3.81. The highest BCUT2D eigenvalue weighted by Gasteiger charge is 2.11. The number of anilines is 2. The molecule has 1 heterocycles. The molecule has 6 heteroatoms. The topological polar surface area (TPSA) is 47.0 Å². The molecule has 0 saturated heterocycles. The van der Waals surface area contributed by atoms with Crippen LogP contribution in [0.5, 0.6) is 5.75 Å². The highest BCUT2D eigenvalue weighted by atomic mass is 35.5. The molecule has 0 aliphatic heterocycles. The molecule has 0 atom stereocenters. The molecule has 2 aromatic carbocycles. The van der Waals surface area contributed by atoms with E-state index in [1.807, 2.05) is 19.1 Å². The summed E-state index contributed by atoms with van der Waals surface area (Å²) < 4.78 is 19.3. The van der Waals surface area contributed by atoms with Gasteiger partial charge < -0.3 is 10.1 Å². The van der Waals surface area contributed by atoms with Gasteiger partial charge in [-0.2, -0.15) is 0 Å². The molecule has 0 spiro atoms. The van der Waals surface area contributed by atoms with Crippen LogP contribution < -0.4 is 10.1 Å². The molecule has 0 fully saturated rings. The van der Waals surface area contributed by atoms with Crippen molar-refractivity contribution in [1.29, 1.82) is 0 Å². The number of rotatable bonds is 3. The maximum absolute atomic E-state index is 14.0. The number of nitrogens with zero attached hydrogens (tertiary/aromatic N) is 2. The van der Waals surface area contributed by atoms with Crippen molar-refractivity contribution < 1.29 is 9.13 Å². The number of halogens is 2. The lowest BCUT2D eigenvalue weighted by molar-refractivity contribution is 0.412. The number of aryl methyl sites for hydroxylation is 1. The molecular formula is C16H13ClFN3O. The minimum atomic E-state index is -0.513. The Morgan fingerprint density at radius 3 is 2.82 bits per heavy atom. The summed E-state index contributed by atoms with van der Waals surface area (Å²) in [6.45, 7) is 1.93. The van der Waals surface area contributed by atoms with E-state index in [-0.39, 0.29) is 10.7 Å². The van der Waals surface area contributed by atoms with Crippen molar-refractivity contribution in [3.8, 4) is 5.75 Å². The average molecular weight is 318 g/mol. The van der Waals surface area contributed by atoms with Crippen molar-refractivity contribution in [2.45, 2.75) is 6.92 Å². The van der Waals surface area contributed by atoms with Gasteiger partial charge in [-0.25, -0.2) is 14.4 Å². The zero-order valence-corrected chi connectivity index (χ0v) is 12.8. The summed E-state index contributed by atoms with van der Waals surface area (Å²) in [6, 6.07) is 8.50. The molecule has 4 nitrogen and oxygen atoms in total. The molecular weight excluding hydrogens is 305 g/mol. The van der Waals surface area contributed by atoms with Gasteiger partial charge in [-0.05, 0) is 30.7 Å². The zero-order valence-electron chi connectivity index (χ0n) is 12.0. The van der Waals surface area contributed by atoms with Gasteiger partial charge in [0.1, 0.15) is 17.9 Å². The molecule has 3 rings (SSSR count). The Morgan fingerprint density at radius 1 is 1.23 bits per heavy atom. The predicted molar refractivity (Wildman–Crippen MR) is 85.5 cm³/mol. The first-order valence-electron chi connectivity index (χ1n) is 6.60. The van der Waals surface area contributed by atoms with E-state index in [0.29, 0.717) is 11.3 Å². The minimum absolute atomic E-state index is 0.0567. The molecule has 0 unspecified atom stereocenters. The Hall–Kier alpha value is -2.40. The van der Waals surface area contributed by atoms with Crippen LogP contribution in [0.1, 0.15) is 5.56 Å². The van der Waals surface area contributed by atoms with E-state index >= 15 is 0 Å². The number of benzene rings is 2. The largest absolute Gasteiger partial charge is 0.496 e. The highest BCUT2D eigenvalue weighted by Crippen LogP contribution is 2.30. The van der Waals surface area contributed by atoms with Gasteiger partial charge in [0.05, 0.1) is 23.3 Å². The fourth-order valence-corrected chi connectivity index (χ4v) is 2.41. The fourth-order valence-electron chi connectivity index (χ4n) is 2.24. The van der Waals surface area contributed by atoms with Crippen LogP contribution in [0.4, 0.5) is 15.9 Å². The molecule has 0 aliphatic carbocycles. The number of methoxy groups -OCH3 is 1. The monoisotopic (exact) mass is 317 g/mol. The number of nitrogens with one attached hydrogen (secondary N) is 1. The van der Waals surface area contributed by atoms with Crippen molar-refractivity contribution in [1.82, 2.24) is 9.97 Å². The van der Waals surface area contributed by atoms with Crippen molar-refractivity contribution in [3.05, 3.63) is 53.1 Å². The Balaban J connectivity index is 2.11. The molecule has 3 aromatic rings. The van der Waals surface area contributed by atoms with Crippen molar-refractivity contribution in [2.24, 2.45) is 0 Å². The quantitative estimate of drug-likeness (QED) is 0.773. The number of aromatic nitrogens is 2. The lowest BCUT2D eigenvalue weighted by Gasteiger charge is -2.11. The van der Waals surface area contributed by atoms with E-state index < -0.39 is 5.82 Å². The van der Waals surface area contributed by atoms with Gasteiger partial charge in [-0.3, -0.25) is 0 Å². The van der Waals surface area contributed by atoms with Crippen molar-refractivity contribution >= 4 is 34.0 Å². The smallest absolute Gasteiger partial charge is 0.165 e. The molecule has 0 saturated carbocycles. The molecule has 1 aromatic heterocycles. The summed E-state index contributed by atoms with van der Waals surface area (Å²) in [7, 11) is 1.61. The van der Waals surface area contributed by atoms with Crippen molar-refractivity contribution in [3.63, 3.8) is 0 Å². The van der Waals surface area contributed by atoms with E-state index in [2.05, 4.69) is 15.3 Å². The van der Waals surface area contributed by atoms with Gasteiger partial charge in [0.2, 0.25) is 0 Å². The molecule has 0 radical (unpaired) electrons. The van der Waals surface area contributed by atoms with Crippen LogP contribution in [0, 0.1) is 12.7 Å². The van der Waals surface area contributed by atoms with E-state index in [1.165, 1.54) is 12.4 Å². The van der Waals surface area contributed by atoms with Gasteiger partial charge in [-0.15, -0.1) is 0 Å².